The van der Waals surface area contributed by atoms with Crippen molar-refractivity contribution in [3.63, 3.8) is 0 Å². The van der Waals surface area contributed by atoms with Gasteiger partial charge >= 0.3 is 0 Å². The fourth-order valence-electron chi connectivity index (χ4n) is 2.96. The number of halogens is 1. The third-order valence-corrected chi connectivity index (χ3v) is 4.22. The molecule has 1 fully saturated rings. The average Bonchev–Trinajstić information content (AvgIpc) is 2.97. The molecule has 102 valence electrons. The third-order valence-electron chi connectivity index (χ3n) is 3.98. The van der Waals surface area contributed by atoms with Gasteiger partial charge in [-0.15, -0.1) is 0 Å². The van der Waals surface area contributed by atoms with Crippen LogP contribution in [-0.2, 0) is 11.2 Å². The first-order valence-corrected chi connectivity index (χ1v) is 7.09. The van der Waals surface area contributed by atoms with Crippen molar-refractivity contribution in [2.75, 3.05) is 6.54 Å². The highest BCUT2D eigenvalue weighted by atomic mass is 35.5. The van der Waals surface area contributed by atoms with E-state index in [0.29, 0.717) is 13.0 Å². The molecule has 0 saturated carbocycles. The van der Waals surface area contributed by atoms with Crippen molar-refractivity contribution >= 4 is 17.5 Å². The Kier molecular flexibility index (Phi) is 3.48. The maximum absolute atomic E-state index is 12.2. The Hall–Kier alpha value is -1.10. The van der Waals surface area contributed by atoms with Gasteiger partial charge in [0.25, 0.3) is 0 Å². The summed E-state index contributed by atoms with van der Waals surface area (Å²) in [6.45, 7) is 0.713. The maximum atomic E-state index is 12.2. The van der Waals surface area contributed by atoms with Gasteiger partial charge in [0.1, 0.15) is 0 Å². The molecule has 1 aliphatic heterocycles. The summed E-state index contributed by atoms with van der Waals surface area (Å²) in [6, 6.07) is 5.93. The summed E-state index contributed by atoms with van der Waals surface area (Å²) in [4.78, 5) is 12.2. The smallest absolute Gasteiger partial charge is 0.237 e. The standard InChI is InChI=1S/C14H18ClN3O/c15-9-3-1-8-2-4-12(11(8)5-9)18-14(19)13-6-10(16)7-17-13/h1,3,5,10,12-13,17H,2,4,6-7,16H2,(H,18,19)/t10-,12?,13-/m0/s1. The maximum Gasteiger partial charge on any atom is 0.237 e. The van der Waals surface area contributed by atoms with Crippen molar-refractivity contribution in [2.45, 2.75) is 37.4 Å². The molecular formula is C14H18ClN3O. The molecule has 4 N–H and O–H groups in total. The Morgan fingerprint density at radius 3 is 3.05 bits per heavy atom. The number of amides is 1. The van der Waals surface area contributed by atoms with Crippen LogP contribution in [0.15, 0.2) is 18.2 Å². The van der Waals surface area contributed by atoms with Gasteiger partial charge in [-0.05, 0) is 42.5 Å². The summed E-state index contributed by atoms with van der Waals surface area (Å²) in [7, 11) is 0. The van der Waals surface area contributed by atoms with Gasteiger partial charge in [0.15, 0.2) is 0 Å². The van der Waals surface area contributed by atoms with Crippen molar-refractivity contribution in [3.8, 4) is 0 Å². The van der Waals surface area contributed by atoms with Crippen LogP contribution in [0.2, 0.25) is 5.02 Å². The van der Waals surface area contributed by atoms with Crippen LogP contribution < -0.4 is 16.4 Å². The highest BCUT2D eigenvalue weighted by Crippen LogP contribution is 2.33. The van der Waals surface area contributed by atoms with E-state index in [9.17, 15) is 4.79 Å². The van der Waals surface area contributed by atoms with Gasteiger partial charge in [0.2, 0.25) is 5.91 Å². The molecule has 1 aromatic rings. The second kappa shape index (κ2) is 5.12. The average molecular weight is 280 g/mol. The fourth-order valence-corrected chi connectivity index (χ4v) is 3.14. The summed E-state index contributed by atoms with van der Waals surface area (Å²) in [5, 5.41) is 6.98. The highest BCUT2D eigenvalue weighted by molar-refractivity contribution is 6.30. The van der Waals surface area contributed by atoms with Crippen LogP contribution in [-0.4, -0.2) is 24.5 Å². The molecule has 4 nitrogen and oxygen atoms in total. The molecule has 3 rings (SSSR count). The van der Waals surface area contributed by atoms with Crippen LogP contribution in [0.4, 0.5) is 0 Å². The number of hydrogen-bond donors (Lipinski definition) is 3. The molecule has 0 radical (unpaired) electrons. The SMILES string of the molecule is N[C@@H]1CN[C@H](C(=O)NC2CCc3ccc(Cl)cc32)C1. The van der Waals surface area contributed by atoms with E-state index in [4.69, 9.17) is 17.3 Å². The zero-order chi connectivity index (χ0) is 13.4. The second-order valence-electron chi connectivity index (χ2n) is 5.40. The topological polar surface area (TPSA) is 67.1 Å². The fraction of sp³-hybridized carbons (Fsp3) is 0.500. The first-order chi connectivity index (χ1) is 9.13. The Morgan fingerprint density at radius 2 is 2.32 bits per heavy atom. The van der Waals surface area contributed by atoms with E-state index >= 15 is 0 Å². The van der Waals surface area contributed by atoms with Crippen molar-refractivity contribution < 1.29 is 4.79 Å². The number of hydrogen-bond acceptors (Lipinski definition) is 3. The normalized spacial score (nSPS) is 29.3. The molecule has 1 aliphatic carbocycles. The van der Waals surface area contributed by atoms with Gasteiger partial charge in [-0.2, -0.15) is 0 Å². The van der Waals surface area contributed by atoms with Crippen LogP contribution in [0.1, 0.15) is 30.0 Å². The predicted molar refractivity (Wildman–Crippen MR) is 75.0 cm³/mol. The van der Waals surface area contributed by atoms with Crippen LogP contribution in [0.3, 0.4) is 0 Å². The van der Waals surface area contributed by atoms with Crippen LogP contribution in [0.5, 0.6) is 0 Å². The van der Waals surface area contributed by atoms with E-state index in [1.165, 1.54) is 5.56 Å². The molecule has 1 aromatic carbocycles. The third kappa shape index (κ3) is 2.61. The van der Waals surface area contributed by atoms with Gasteiger partial charge in [-0.25, -0.2) is 0 Å². The highest BCUT2D eigenvalue weighted by Gasteiger charge is 2.30. The van der Waals surface area contributed by atoms with Crippen molar-refractivity contribution in [1.82, 2.24) is 10.6 Å². The number of benzene rings is 1. The zero-order valence-electron chi connectivity index (χ0n) is 10.7. The number of carbonyl (C=O) groups excluding carboxylic acids is 1. The van der Waals surface area contributed by atoms with Gasteiger partial charge in [-0.1, -0.05) is 17.7 Å². The van der Waals surface area contributed by atoms with E-state index < -0.39 is 0 Å². The van der Waals surface area contributed by atoms with Crippen molar-refractivity contribution in [3.05, 3.63) is 34.3 Å². The molecule has 2 aliphatic rings. The lowest BCUT2D eigenvalue weighted by atomic mass is 10.1. The molecule has 1 heterocycles. The molecule has 1 saturated heterocycles. The van der Waals surface area contributed by atoms with E-state index in [-0.39, 0.29) is 24.0 Å². The molecule has 3 atom stereocenters. The van der Waals surface area contributed by atoms with Gasteiger partial charge in [0, 0.05) is 17.6 Å². The largest absolute Gasteiger partial charge is 0.348 e. The first-order valence-electron chi connectivity index (χ1n) is 6.71. The minimum atomic E-state index is -0.154. The lowest BCUT2D eigenvalue weighted by molar-refractivity contribution is -0.123. The van der Waals surface area contributed by atoms with Gasteiger partial charge in [0.05, 0.1) is 12.1 Å². The quantitative estimate of drug-likeness (QED) is 0.760. The Bertz CT molecular complexity index is 505. The molecular weight excluding hydrogens is 262 g/mol. The molecule has 0 aromatic heterocycles. The molecule has 1 unspecified atom stereocenters. The van der Waals surface area contributed by atoms with Gasteiger partial charge < -0.3 is 16.4 Å². The minimum Gasteiger partial charge on any atom is -0.348 e. The number of rotatable bonds is 2. The number of fused-ring (bicyclic) bond motifs is 1. The van der Waals surface area contributed by atoms with Crippen LogP contribution in [0.25, 0.3) is 0 Å². The lowest BCUT2D eigenvalue weighted by Crippen LogP contribution is -2.41. The Labute approximate surface area is 117 Å². The zero-order valence-corrected chi connectivity index (χ0v) is 11.4. The van der Waals surface area contributed by atoms with E-state index in [1.807, 2.05) is 18.2 Å². The summed E-state index contributed by atoms with van der Waals surface area (Å²) in [5.74, 6) is 0.0470. The monoisotopic (exact) mass is 279 g/mol. The predicted octanol–water partition coefficient (Wildman–Crippen LogP) is 1.13. The summed E-state index contributed by atoms with van der Waals surface area (Å²) in [5.41, 5.74) is 8.25. The van der Waals surface area contributed by atoms with E-state index in [0.717, 1.165) is 23.4 Å². The Morgan fingerprint density at radius 1 is 1.47 bits per heavy atom. The molecule has 0 bridgehead atoms. The summed E-state index contributed by atoms with van der Waals surface area (Å²) >= 11 is 6.03. The number of aryl methyl sites for hydroxylation is 1. The van der Waals surface area contributed by atoms with Gasteiger partial charge in [-0.3, -0.25) is 4.79 Å². The van der Waals surface area contributed by atoms with E-state index in [2.05, 4.69) is 10.6 Å². The summed E-state index contributed by atoms with van der Waals surface area (Å²) in [6.07, 6.45) is 2.65. The number of nitrogens with one attached hydrogen (secondary N) is 2. The Balaban J connectivity index is 1.69. The molecule has 0 spiro atoms. The summed E-state index contributed by atoms with van der Waals surface area (Å²) < 4.78 is 0. The van der Waals surface area contributed by atoms with Crippen LogP contribution >= 0.6 is 11.6 Å². The number of carbonyl (C=O) groups is 1. The minimum absolute atomic E-state index is 0.0470. The van der Waals surface area contributed by atoms with Crippen molar-refractivity contribution in [1.29, 1.82) is 0 Å². The number of nitrogens with two attached hydrogens (primary N) is 1. The van der Waals surface area contributed by atoms with Crippen LogP contribution in [0, 0.1) is 0 Å². The van der Waals surface area contributed by atoms with Crippen molar-refractivity contribution in [2.24, 2.45) is 5.73 Å². The first kappa shape index (κ1) is 12.9. The van der Waals surface area contributed by atoms with E-state index in [1.54, 1.807) is 0 Å². The molecule has 1 amide bonds. The molecule has 19 heavy (non-hydrogen) atoms. The molecule has 5 heteroatoms. The second-order valence-corrected chi connectivity index (χ2v) is 5.84. The lowest BCUT2D eigenvalue weighted by Gasteiger charge is -2.17.